The highest BCUT2D eigenvalue weighted by Crippen LogP contribution is 2.31. The lowest BCUT2D eigenvalue weighted by Gasteiger charge is -2.16. The molecule has 39 heavy (non-hydrogen) atoms. The average Bonchev–Trinajstić information content (AvgIpc) is 2.95. The topological polar surface area (TPSA) is 98.4 Å². The van der Waals surface area contributed by atoms with E-state index in [0.717, 1.165) is 11.3 Å². The van der Waals surface area contributed by atoms with Gasteiger partial charge in [0, 0.05) is 37.6 Å². The molecule has 0 aliphatic carbocycles. The van der Waals surface area contributed by atoms with Crippen LogP contribution in [0.1, 0.15) is 16.7 Å². The van der Waals surface area contributed by atoms with Crippen LogP contribution in [0.5, 0.6) is 5.75 Å². The molecule has 0 unspecified atom stereocenters. The number of benzene rings is 3. The molecule has 0 bridgehead atoms. The summed E-state index contributed by atoms with van der Waals surface area (Å²) in [6.45, 7) is 7.66. The lowest BCUT2D eigenvalue weighted by atomic mass is 10.1. The molecular formula is C29H25FN6O2S. The molecule has 0 spiro atoms. The van der Waals surface area contributed by atoms with E-state index in [0.29, 0.717) is 39.2 Å². The first-order chi connectivity index (χ1) is 18.8. The Kier molecular flexibility index (Phi) is 8.50. The Morgan fingerprint density at radius 2 is 2.00 bits per heavy atom. The standard InChI is InChI=1S/C29H25FN6O2S/c1-32-27-26(19-8-6-10-22(14-19)38-4)34-29(35-28(27)37)39-17-18-7-5-9-21(13-18)33-16-20-11-12-24(36(2)3)23(15-31)25(20)30/h5-14,33H,16-17H2,2-4H3,(H,34,35,37). The Hall–Kier alpha value is -4.80. The minimum absolute atomic E-state index is 0.0171. The van der Waals surface area contributed by atoms with Gasteiger partial charge in [0.2, 0.25) is 0 Å². The Morgan fingerprint density at radius 3 is 2.72 bits per heavy atom. The molecule has 1 heterocycles. The lowest BCUT2D eigenvalue weighted by Crippen LogP contribution is -2.13. The van der Waals surface area contributed by atoms with E-state index in [2.05, 4.69) is 20.1 Å². The van der Waals surface area contributed by atoms with E-state index in [4.69, 9.17) is 11.3 Å². The molecule has 3 aromatic carbocycles. The molecule has 8 nitrogen and oxygen atoms in total. The number of thioether (sulfide) groups is 1. The number of rotatable bonds is 9. The fourth-order valence-corrected chi connectivity index (χ4v) is 4.74. The van der Waals surface area contributed by atoms with E-state index in [1.54, 1.807) is 62.5 Å². The summed E-state index contributed by atoms with van der Waals surface area (Å²) in [5.41, 5.74) is 3.00. The van der Waals surface area contributed by atoms with Crippen molar-refractivity contribution in [3.63, 3.8) is 0 Å². The number of aromatic nitrogens is 2. The van der Waals surface area contributed by atoms with Crippen molar-refractivity contribution in [3.05, 3.63) is 105 Å². The number of anilines is 2. The molecule has 0 fully saturated rings. The Bertz CT molecular complexity index is 1660. The molecule has 4 aromatic rings. The van der Waals surface area contributed by atoms with Gasteiger partial charge in [0.25, 0.3) is 11.2 Å². The van der Waals surface area contributed by atoms with Crippen LogP contribution in [-0.4, -0.2) is 31.2 Å². The van der Waals surface area contributed by atoms with Crippen LogP contribution in [0.2, 0.25) is 0 Å². The third kappa shape index (κ3) is 6.20. The second-order valence-corrected chi connectivity index (χ2v) is 9.66. The van der Waals surface area contributed by atoms with E-state index in [1.807, 2.05) is 30.3 Å². The van der Waals surface area contributed by atoms with E-state index in [1.165, 1.54) is 11.8 Å². The zero-order valence-electron chi connectivity index (χ0n) is 21.6. The quantitative estimate of drug-likeness (QED) is 0.153. The highest BCUT2D eigenvalue weighted by Gasteiger charge is 2.16. The van der Waals surface area contributed by atoms with Crippen molar-refractivity contribution in [2.45, 2.75) is 17.5 Å². The largest absolute Gasteiger partial charge is 0.497 e. The minimum atomic E-state index is -0.535. The zero-order chi connectivity index (χ0) is 27.9. The van der Waals surface area contributed by atoms with Gasteiger partial charge in [-0.1, -0.05) is 42.1 Å². The third-order valence-corrected chi connectivity index (χ3v) is 6.85. The van der Waals surface area contributed by atoms with Crippen LogP contribution < -0.4 is 20.5 Å². The van der Waals surface area contributed by atoms with Gasteiger partial charge in [0.05, 0.1) is 25.1 Å². The third-order valence-electron chi connectivity index (χ3n) is 5.91. The number of nitrogens with zero attached hydrogens (tertiary/aromatic N) is 4. The number of halogens is 1. The van der Waals surface area contributed by atoms with Crippen LogP contribution in [0.4, 0.5) is 21.5 Å². The highest BCUT2D eigenvalue weighted by atomic mass is 32.2. The van der Waals surface area contributed by atoms with Gasteiger partial charge in [-0.05, 0) is 41.5 Å². The van der Waals surface area contributed by atoms with Crippen LogP contribution in [-0.2, 0) is 12.3 Å². The van der Waals surface area contributed by atoms with Gasteiger partial charge in [-0.3, -0.25) is 4.79 Å². The zero-order valence-corrected chi connectivity index (χ0v) is 22.4. The van der Waals surface area contributed by atoms with Crippen LogP contribution in [0, 0.1) is 23.7 Å². The van der Waals surface area contributed by atoms with Crippen molar-refractivity contribution in [3.8, 4) is 23.1 Å². The molecule has 196 valence electrons. The fraction of sp³-hybridized carbons (Fsp3) is 0.172. The van der Waals surface area contributed by atoms with Gasteiger partial charge in [0.1, 0.15) is 23.2 Å². The van der Waals surface area contributed by atoms with E-state index in [9.17, 15) is 14.4 Å². The number of H-pyrrole nitrogens is 1. The molecule has 0 aliphatic rings. The summed E-state index contributed by atoms with van der Waals surface area (Å²) in [5, 5.41) is 13.0. The van der Waals surface area contributed by atoms with Crippen LogP contribution >= 0.6 is 11.8 Å². The SMILES string of the molecule is [C-]#[N+]c1c(-c2cccc(OC)c2)nc(SCc2cccc(NCc3ccc(N(C)C)c(C#N)c3F)c2)[nH]c1=O. The second-order valence-electron chi connectivity index (χ2n) is 8.69. The fourth-order valence-electron chi connectivity index (χ4n) is 3.93. The van der Waals surface area contributed by atoms with Crippen LogP contribution in [0.25, 0.3) is 16.1 Å². The summed E-state index contributed by atoms with van der Waals surface area (Å²) in [7, 11) is 5.08. The Labute approximate surface area is 229 Å². The van der Waals surface area contributed by atoms with Gasteiger partial charge in [-0.15, -0.1) is 0 Å². The van der Waals surface area contributed by atoms with Crippen molar-refractivity contribution in [2.24, 2.45) is 0 Å². The van der Waals surface area contributed by atoms with Crippen molar-refractivity contribution in [2.75, 3.05) is 31.4 Å². The van der Waals surface area contributed by atoms with Gasteiger partial charge in [-0.25, -0.2) is 14.2 Å². The van der Waals surface area contributed by atoms with Crippen molar-refractivity contribution >= 4 is 28.8 Å². The smallest absolute Gasteiger partial charge is 0.276 e. The molecule has 4 rings (SSSR count). The molecule has 0 saturated carbocycles. The summed E-state index contributed by atoms with van der Waals surface area (Å²) in [6, 6.07) is 20.0. The van der Waals surface area contributed by atoms with Crippen LogP contribution in [0.3, 0.4) is 0 Å². The predicted molar refractivity (Wildman–Crippen MR) is 152 cm³/mol. The lowest BCUT2D eigenvalue weighted by molar-refractivity contribution is 0.415. The number of aromatic amines is 1. The van der Waals surface area contributed by atoms with E-state index < -0.39 is 11.4 Å². The monoisotopic (exact) mass is 540 g/mol. The van der Waals surface area contributed by atoms with Gasteiger partial charge < -0.3 is 19.9 Å². The van der Waals surface area contributed by atoms with E-state index >= 15 is 0 Å². The summed E-state index contributed by atoms with van der Waals surface area (Å²) < 4.78 is 20.2. The molecule has 10 heteroatoms. The molecular weight excluding hydrogens is 515 g/mol. The van der Waals surface area contributed by atoms with Gasteiger partial charge >= 0.3 is 0 Å². The molecule has 0 aliphatic heterocycles. The van der Waals surface area contributed by atoms with Gasteiger partial charge in [0.15, 0.2) is 5.16 Å². The molecule has 0 saturated heterocycles. The number of nitriles is 1. The number of hydrogen-bond donors (Lipinski definition) is 2. The number of methoxy groups -OCH3 is 1. The molecule has 0 amide bonds. The Morgan fingerprint density at radius 1 is 1.21 bits per heavy atom. The molecule has 0 atom stereocenters. The number of ether oxygens (including phenoxy) is 1. The van der Waals surface area contributed by atoms with E-state index in [-0.39, 0.29) is 17.8 Å². The first-order valence-electron chi connectivity index (χ1n) is 11.8. The first kappa shape index (κ1) is 27.2. The summed E-state index contributed by atoms with van der Waals surface area (Å²) in [4.78, 5) is 25.0. The molecule has 0 radical (unpaired) electrons. The van der Waals surface area contributed by atoms with Crippen LogP contribution in [0.15, 0.2) is 70.6 Å². The summed E-state index contributed by atoms with van der Waals surface area (Å²) in [5.74, 6) is 0.562. The predicted octanol–water partition coefficient (Wildman–Crippen LogP) is 5.98. The Balaban J connectivity index is 1.50. The highest BCUT2D eigenvalue weighted by molar-refractivity contribution is 7.98. The summed E-state index contributed by atoms with van der Waals surface area (Å²) >= 11 is 1.33. The van der Waals surface area contributed by atoms with Crippen molar-refractivity contribution < 1.29 is 9.13 Å². The maximum Gasteiger partial charge on any atom is 0.276 e. The second kappa shape index (κ2) is 12.2. The summed E-state index contributed by atoms with van der Waals surface area (Å²) in [6.07, 6.45) is 0. The maximum atomic E-state index is 14.9. The number of hydrogen-bond acceptors (Lipinski definition) is 7. The first-order valence-corrected chi connectivity index (χ1v) is 12.8. The van der Waals surface area contributed by atoms with Crippen molar-refractivity contribution in [1.29, 1.82) is 5.26 Å². The normalized spacial score (nSPS) is 10.4. The molecule has 1 aromatic heterocycles. The maximum absolute atomic E-state index is 14.9. The average molecular weight is 541 g/mol. The molecule has 2 N–H and O–H groups in total. The minimum Gasteiger partial charge on any atom is -0.497 e. The van der Waals surface area contributed by atoms with Gasteiger partial charge in [-0.2, -0.15) is 5.26 Å². The number of nitrogens with one attached hydrogen (secondary N) is 2. The van der Waals surface area contributed by atoms with Crippen molar-refractivity contribution in [1.82, 2.24) is 9.97 Å².